The fourth-order valence-electron chi connectivity index (χ4n) is 1.57. The van der Waals surface area contributed by atoms with Crippen molar-refractivity contribution < 1.29 is 9.90 Å². The second-order valence-corrected chi connectivity index (χ2v) is 6.33. The molecule has 0 aromatic carbocycles. The van der Waals surface area contributed by atoms with E-state index in [1.807, 2.05) is 19.9 Å². The topological polar surface area (TPSA) is 62.2 Å². The highest BCUT2D eigenvalue weighted by Gasteiger charge is 2.16. The van der Waals surface area contributed by atoms with Gasteiger partial charge in [-0.25, -0.2) is 9.78 Å². The first-order valence-corrected chi connectivity index (χ1v) is 6.68. The number of aromatic carboxylic acids is 1. The highest BCUT2D eigenvalue weighted by atomic mass is 79.9. The molecule has 2 rings (SSSR count). The minimum absolute atomic E-state index is 0.164. The zero-order chi connectivity index (χ0) is 12.6. The van der Waals surface area contributed by atoms with Crippen molar-refractivity contribution in [2.24, 2.45) is 0 Å². The number of aromatic nitrogens is 1. The standard InChI is InChI=1S/C11H11BrN2O2S/c1-5(2)14-9-6-3-8(12)17-10(6)13-4-7(9)11(15)16/h3-5H,1-2H3,(H,13,14)(H,15,16). The molecule has 2 heterocycles. The monoisotopic (exact) mass is 314 g/mol. The van der Waals surface area contributed by atoms with Crippen LogP contribution in [0.4, 0.5) is 5.69 Å². The first-order valence-electron chi connectivity index (χ1n) is 5.07. The van der Waals surface area contributed by atoms with Crippen LogP contribution in [-0.4, -0.2) is 22.1 Å². The van der Waals surface area contributed by atoms with Crippen LogP contribution in [0.3, 0.4) is 0 Å². The molecule has 0 aliphatic rings. The average Bonchev–Trinajstić information content (AvgIpc) is 2.58. The maximum Gasteiger partial charge on any atom is 0.339 e. The Labute approximate surface area is 111 Å². The van der Waals surface area contributed by atoms with Crippen LogP contribution in [0, 0.1) is 0 Å². The van der Waals surface area contributed by atoms with Gasteiger partial charge < -0.3 is 10.4 Å². The Kier molecular flexibility index (Phi) is 3.35. The fourth-order valence-corrected chi connectivity index (χ4v) is 2.99. The van der Waals surface area contributed by atoms with Gasteiger partial charge in [0.25, 0.3) is 0 Å². The molecule has 2 N–H and O–H groups in total. The van der Waals surface area contributed by atoms with Gasteiger partial charge in [-0.3, -0.25) is 0 Å². The van der Waals surface area contributed by atoms with Crippen molar-refractivity contribution in [1.29, 1.82) is 0 Å². The molecule has 0 fully saturated rings. The van der Waals surface area contributed by atoms with E-state index in [2.05, 4.69) is 26.2 Å². The van der Waals surface area contributed by atoms with Crippen molar-refractivity contribution in [3.05, 3.63) is 21.6 Å². The third kappa shape index (κ3) is 2.42. The summed E-state index contributed by atoms with van der Waals surface area (Å²) in [6.45, 7) is 3.94. The van der Waals surface area contributed by atoms with Crippen molar-refractivity contribution in [3.8, 4) is 0 Å². The molecular formula is C11H11BrN2O2S. The van der Waals surface area contributed by atoms with Crippen LogP contribution >= 0.6 is 27.3 Å². The first kappa shape index (κ1) is 12.3. The van der Waals surface area contributed by atoms with Gasteiger partial charge in [0.1, 0.15) is 10.4 Å². The van der Waals surface area contributed by atoms with Crippen molar-refractivity contribution in [3.63, 3.8) is 0 Å². The highest BCUT2D eigenvalue weighted by Crippen LogP contribution is 2.35. The van der Waals surface area contributed by atoms with E-state index in [4.69, 9.17) is 5.11 Å². The molecule has 2 aromatic rings. The molecule has 2 aromatic heterocycles. The van der Waals surface area contributed by atoms with Crippen LogP contribution in [0.1, 0.15) is 24.2 Å². The molecule has 0 saturated carbocycles. The van der Waals surface area contributed by atoms with Crippen LogP contribution in [-0.2, 0) is 0 Å². The first-order chi connectivity index (χ1) is 7.99. The summed E-state index contributed by atoms with van der Waals surface area (Å²) in [5.74, 6) is -0.968. The van der Waals surface area contributed by atoms with Crippen LogP contribution in [0.15, 0.2) is 16.0 Å². The average molecular weight is 315 g/mol. The van der Waals surface area contributed by atoms with Gasteiger partial charge in [0.15, 0.2) is 0 Å². The van der Waals surface area contributed by atoms with Crippen molar-refractivity contribution >= 4 is 49.1 Å². The number of fused-ring (bicyclic) bond motifs is 1. The van der Waals surface area contributed by atoms with Gasteiger partial charge in [0.05, 0.1) is 9.47 Å². The number of carboxylic acids is 1. The van der Waals surface area contributed by atoms with E-state index in [9.17, 15) is 4.79 Å². The molecule has 0 aliphatic heterocycles. The van der Waals surface area contributed by atoms with Crippen LogP contribution in [0.5, 0.6) is 0 Å². The van der Waals surface area contributed by atoms with Crippen LogP contribution in [0.2, 0.25) is 0 Å². The van der Waals surface area contributed by atoms with Gasteiger partial charge >= 0.3 is 5.97 Å². The summed E-state index contributed by atoms with van der Waals surface area (Å²) in [7, 11) is 0. The quantitative estimate of drug-likeness (QED) is 0.909. The molecule has 17 heavy (non-hydrogen) atoms. The van der Waals surface area contributed by atoms with Gasteiger partial charge in [-0.2, -0.15) is 0 Å². The second kappa shape index (κ2) is 4.62. The number of thiophene rings is 1. The number of nitrogens with one attached hydrogen (secondary N) is 1. The molecule has 0 spiro atoms. The maximum absolute atomic E-state index is 11.2. The van der Waals surface area contributed by atoms with E-state index in [0.717, 1.165) is 14.0 Å². The number of carboxylic acid groups (broad SMARTS) is 1. The number of pyridine rings is 1. The number of anilines is 1. The van der Waals surface area contributed by atoms with E-state index in [1.165, 1.54) is 17.5 Å². The third-order valence-corrected chi connectivity index (χ3v) is 3.74. The summed E-state index contributed by atoms with van der Waals surface area (Å²) >= 11 is 4.88. The van der Waals surface area contributed by atoms with E-state index in [0.29, 0.717) is 5.69 Å². The molecule has 0 bridgehead atoms. The van der Waals surface area contributed by atoms with E-state index >= 15 is 0 Å². The van der Waals surface area contributed by atoms with Crippen molar-refractivity contribution in [2.75, 3.05) is 5.32 Å². The lowest BCUT2D eigenvalue weighted by Crippen LogP contribution is -2.14. The van der Waals surface area contributed by atoms with Crippen molar-refractivity contribution in [1.82, 2.24) is 4.98 Å². The SMILES string of the molecule is CC(C)Nc1c(C(=O)O)cnc2sc(Br)cc12. The summed E-state index contributed by atoms with van der Waals surface area (Å²) in [5, 5.41) is 13.2. The number of halogens is 1. The van der Waals surface area contributed by atoms with Gasteiger partial charge in [0, 0.05) is 17.6 Å². The normalized spacial score (nSPS) is 11.1. The fraction of sp³-hybridized carbons (Fsp3) is 0.273. The summed E-state index contributed by atoms with van der Waals surface area (Å²) in [6, 6.07) is 2.06. The largest absolute Gasteiger partial charge is 0.478 e. The minimum atomic E-state index is -0.968. The zero-order valence-corrected chi connectivity index (χ0v) is 11.7. The molecule has 0 amide bonds. The van der Waals surface area contributed by atoms with Gasteiger partial charge in [-0.15, -0.1) is 11.3 Å². The Hall–Kier alpha value is -1.14. The lowest BCUT2D eigenvalue weighted by molar-refractivity contribution is 0.0697. The Morgan fingerprint density at radius 3 is 2.88 bits per heavy atom. The number of hydrogen-bond acceptors (Lipinski definition) is 4. The molecule has 0 atom stereocenters. The van der Waals surface area contributed by atoms with Crippen LogP contribution in [0.25, 0.3) is 10.2 Å². The zero-order valence-electron chi connectivity index (χ0n) is 9.32. The Morgan fingerprint density at radius 2 is 2.29 bits per heavy atom. The lowest BCUT2D eigenvalue weighted by atomic mass is 10.1. The predicted molar refractivity (Wildman–Crippen MR) is 73.0 cm³/mol. The molecule has 0 unspecified atom stereocenters. The Balaban J connectivity index is 2.69. The molecule has 6 heteroatoms. The van der Waals surface area contributed by atoms with Gasteiger partial charge in [0.2, 0.25) is 0 Å². The second-order valence-electron chi connectivity index (χ2n) is 3.92. The number of carbonyl (C=O) groups is 1. The number of nitrogens with zero attached hydrogens (tertiary/aromatic N) is 1. The lowest BCUT2D eigenvalue weighted by Gasteiger charge is -2.13. The van der Waals surface area contributed by atoms with E-state index < -0.39 is 5.97 Å². The summed E-state index contributed by atoms with van der Waals surface area (Å²) in [4.78, 5) is 16.1. The molecule has 0 aliphatic carbocycles. The summed E-state index contributed by atoms with van der Waals surface area (Å²) in [5.41, 5.74) is 0.843. The van der Waals surface area contributed by atoms with Crippen LogP contribution < -0.4 is 5.32 Å². The van der Waals surface area contributed by atoms with Gasteiger partial charge in [-0.1, -0.05) is 0 Å². The maximum atomic E-state index is 11.2. The van der Waals surface area contributed by atoms with E-state index in [-0.39, 0.29) is 11.6 Å². The Morgan fingerprint density at radius 1 is 1.59 bits per heavy atom. The minimum Gasteiger partial charge on any atom is -0.478 e. The number of hydrogen-bond donors (Lipinski definition) is 2. The number of rotatable bonds is 3. The van der Waals surface area contributed by atoms with Gasteiger partial charge in [-0.05, 0) is 35.8 Å². The molecular weight excluding hydrogens is 304 g/mol. The molecule has 0 saturated heterocycles. The molecule has 0 radical (unpaired) electrons. The predicted octanol–water partition coefficient (Wildman–Crippen LogP) is 3.58. The smallest absolute Gasteiger partial charge is 0.339 e. The summed E-state index contributed by atoms with van der Waals surface area (Å²) < 4.78 is 0.939. The third-order valence-electron chi connectivity index (χ3n) is 2.20. The summed E-state index contributed by atoms with van der Waals surface area (Å²) in [6.07, 6.45) is 1.40. The van der Waals surface area contributed by atoms with Crippen molar-refractivity contribution in [2.45, 2.75) is 19.9 Å². The molecule has 90 valence electrons. The van der Waals surface area contributed by atoms with E-state index in [1.54, 1.807) is 0 Å². The molecule has 4 nitrogen and oxygen atoms in total. The highest BCUT2D eigenvalue weighted by molar-refractivity contribution is 9.11. The Bertz CT molecular complexity index is 580.